The average molecular weight is 318 g/mol. The summed E-state index contributed by atoms with van der Waals surface area (Å²) >= 11 is 3.39. The van der Waals surface area contributed by atoms with Crippen LogP contribution in [0.25, 0.3) is 0 Å². The second-order valence-corrected chi connectivity index (χ2v) is 4.48. The van der Waals surface area contributed by atoms with Crippen molar-refractivity contribution in [3.63, 3.8) is 0 Å². The van der Waals surface area contributed by atoms with E-state index in [0.717, 1.165) is 11.8 Å². The Kier molecular flexibility index (Phi) is 5.91. The van der Waals surface area contributed by atoms with Crippen LogP contribution >= 0.6 is 15.9 Å². The molecule has 0 aliphatic rings. The fourth-order valence-corrected chi connectivity index (χ4v) is 2.01. The minimum atomic E-state index is -0.465. The van der Waals surface area contributed by atoms with Crippen molar-refractivity contribution >= 4 is 21.6 Å². The molecular weight excluding hydrogens is 302 g/mol. The van der Waals surface area contributed by atoms with Crippen LogP contribution in [0.15, 0.2) is 18.2 Å². The van der Waals surface area contributed by atoms with Gasteiger partial charge in [-0.1, -0.05) is 22.9 Å². The molecule has 0 aromatic heterocycles. The number of hydrogen-bond acceptors (Lipinski definition) is 4. The smallest absolute Gasteiger partial charge is 0.314 e. The molecule has 0 heterocycles. The molecule has 0 N–H and O–H groups in total. The molecule has 0 aliphatic heterocycles. The Morgan fingerprint density at radius 3 is 2.72 bits per heavy atom. The first-order chi connectivity index (χ1) is 8.62. The summed E-state index contributed by atoms with van der Waals surface area (Å²) in [6.45, 7) is 2.51. The number of nitro benzene ring substituents is 1. The number of ether oxygens (including phenoxy) is 2. The lowest BCUT2D eigenvalue weighted by molar-refractivity contribution is -0.386. The Balaban J connectivity index is 2.84. The number of hydrogen-bond donors (Lipinski definition) is 0. The highest BCUT2D eigenvalue weighted by atomic mass is 79.9. The van der Waals surface area contributed by atoms with E-state index in [-0.39, 0.29) is 11.4 Å². The van der Waals surface area contributed by atoms with Gasteiger partial charge in [-0.25, -0.2) is 0 Å². The molecule has 1 aromatic carbocycles. The van der Waals surface area contributed by atoms with Crippen LogP contribution in [0.2, 0.25) is 0 Å². The summed E-state index contributed by atoms with van der Waals surface area (Å²) in [5.74, 6) is 1.06. The van der Waals surface area contributed by atoms with Crippen LogP contribution in [-0.4, -0.2) is 24.0 Å². The van der Waals surface area contributed by atoms with Crippen LogP contribution in [0.4, 0.5) is 5.69 Å². The van der Waals surface area contributed by atoms with E-state index in [1.807, 2.05) is 0 Å². The second-order valence-electron chi connectivity index (χ2n) is 3.83. The van der Waals surface area contributed by atoms with E-state index < -0.39 is 4.92 Å². The Bertz CT molecular complexity index is 407. The van der Waals surface area contributed by atoms with Gasteiger partial charge in [0.1, 0.15) is 5.75 Å². The van der Waals surface area contributed by atoms with E-state index in [2.05, 4.69) is 22.9 Å². The highest BCUT2D eigenvalue weighted by Gasteiger charge is 2.17. The lowest BCUT2D eigenvalue weighted by Crippen LogP contribution is -2.13. The summed E-state index contributed by atoms with van der Waals surface area (Å²) in [6.07, 6.45) is 0.954. The molecule has 0 aliphatic carbocycles. The van der Waals surface area contributed by atoms with Crippen molar-refractivity contribution in [3.05, 3.63) is 28.3 Å². The molecule has 1 atom stereocenters. The van der Waals surface area contributed by atoms with Crippen molar-refractivity contribution < 1.29 is 14.4 Å². The maximum Gasteiger partial charge on any atom is 0.314 e. The zero-order chi connectivity index (χ0) is 13.5. The van der Waals surface area contributed by atoms with E-state index in [0.29, 0.717) is 18.3 Å². The fourth-order valence-electron chi connectivity index (χ4n) is 1.37. The number of alkyl halides is 1. The summed E-state index contributed by atoms with van der Waals surface area (Å²) in [7, 11) is 1.47. The molecule has 0 amide bonds. The molecule has 1 aromatic rings. The molecule has 0 radical (unpaired) electrons. The lowest BCUT2D eigenvalue weighted by atomic mass is 10.1. The van der Waals surface area contributed by atoms with Gasteiger partial charge in [0.15, 0.2) is 5.75 Å². The maximum atomic E-state index is 10.9. The number of rotatable bonds is 7. The van der Waals surface area contributed by atoms with Crippen molar-refractivity contribution in [2.75, 3.05) is 19.0 Å². The van der Waals surface area contributed by atoms with Gasteiger partial charge in [-0.2, -0.15) is 0 Å². The molecule has 6 heteroatoms. The normalized spacial score (nSPS) is 11.9. The van der Waals surface area contributed by atoms with Gasteiger partial charge in [-0.3, -0.25) is 10.1 Å². The summed E-state index contributed by atoms with van der Waals surface area (Å²) in [6, 6.07) is 4.58. The molecule has 0 bridgehead atoms. The second kappa shape index (κ2) is 7.20. The monoisotopic (exact) mass is 317 g/mol. The topological polar surface area (TPSA) is 61.6 Å². The molecular formula is C12H16BrNO4. The first-order valence-corrected chi connectivity index (χ1v) is 6.75. The standard InChI is InChI=1S/C12H16BrNO4/c1-3-9(7-13)8-18-12-5-4-10(17-2)6-11(12)14(15)16/h4-6,9H,3,7-8H2,1-2H3. The lowest BCUT2D eigenvalue weighted by Gasteiger charge is -2.13. The van der Waals surface area contributed by atoms with Crippen LogP contribution < -0.4 is 9.47 Å². The number of benzene rings is 1. The molecule has 0 saturated heterocycles. The van der Waals surface area contributed by atoms with Gasteiger partial charge in [0.05, 0.1) is 24.7 Å². The fraction of sp³-hybridized carbons (Fsp3) is 0.500. The summed E-state index contributed by atoms with van der Waals surface area (Å²) in [5.41, 5.74) is -0.0706. The van der Waals surface area contributed by atoms with E-state index >= 15 is 0 Å². The molecule has 5 nitrogen and oxygen atoms in total. The van der Waals surface area contributed by atoms with Crippen LogP contribution in [0.3, 0.4) is 0 Å². The first kappa shape index (κ1) is 14.8. The van der Waals surface area contributed by atoms with Crippen molar-refractivity contribution in [2.45, 2.75) is 13.3 Å². The van der Waals surface area contributed by atoms with E-state index in [1.165, 1.54) is 13.2 Å². The maximum absolute atomic E-state index is 10.9. The number of nitrogens with zero attached hydrogens (tertiary/aromatic N) is 1. The van der Waals surface area contributed by atoms with Crippen LogP contribution in [-0.2, 0) is 0 Å². The van der Waals surface area contributed by atoms with Gasteiger partial charge < -0.3 is 9.47 Å². The average Bonchev–Trinajstić information content (AvgIpc) is 2.39. The van der Waals surface area contributed by atoms with Gasteiger partial charge in [0, 0.05) is 11.2 Å². The largest absolute Gasteiger partial charge is 0.496 e. The number of halogens is 1. The van der Waals surface area contributed by atoms with Crippen LogP contribution in [0.1, 0.15) is 13.3 Å². The highest BCUT2D eigenvalue weighted by molar-refractivity contribution is 9.09. The third-order valence-corrected chi connectivity index (χ3v) is 3.55. The van der Waals surface area contributed by atoms with Crippen LogP contribution in [0, 0.1) is 16.0 Å². The van der Waals surface area contributed by atoms with Crippen molar-refractivity contribution in [2.24, 2.45) is 5.92 Å². The SMILES string of the molecule is CCC(CBr)COc1ccc(OC)cc1[N+](=O)[O-]. The number of methoxy groups -OCH3 is 1. The van der Waals surface area contributed by atoms with E-state index in [9.17, 15) is 10.1 Å². The van der Waals surface area contributed by atoms with Gasteiger partial charge in [0.2, 0.25) is 0 Å². The molecule has 18 heavy (non-hydrogen) atoms. The third kappa shape index (κ3) is 3.87. The first-order valence-electron chi connectivity index (χ1n) is 5.63. The van der Waals surface area contributed by atoms with Crippen LogP contribution in [0.5, 0.6) is 11.5 Å². The number of nitro groups is 1. The van der Waals surface area contributed by atoms with E-state index in [1.54, 1.807) is 12.1 Å². The molecule has 100 valence electrons. The summed E-state index contributed by atoms with van der Waals surface area (Å²) < 4.78 is 10.5. The molecule has 0 fully saturated rings. The molecule has 1 rings (SSSR count). The highest BCUT2D eigenvalue weighted by Crippen LogP contribution is 2.31. The van der Waals surface area contributed by atoms with Crippen molar-refractivity contribution in [1.29, 1.82) is 0 Å². The minimum absolute atomic E-state index is 0.0706. The molecule has 1 unspecified atom stereocenters. The van der Waals surface area contributed by atoms with Gasteiger partial charge in [-0.15, -0.1) is 0 Å². The zero-order valence-electron chi connectivity index (χ0n) is 10.4. The Morgan fingerprint density at radius 1 is 1.50 bits per heavy atom. The molecule has 0 spiro atoms. The minimum Gasteiger partial charge on any atom is -0.496 e. The Labute approximate surface area is 114 Å². The van der Waals surface area contributed by atoms with Crippen molar-refractivity contribution in [3.8, 4) is 11.5 Å². The molecule has 0 saturated carbocycles. The quantitative estimate of drug-likeness (QED) is 0.439. The third-order valence-electron chi connectivity index (χ3n) is 2.63. The predicted molar refractivity (Wildman–Crippen MR) is 72.7 cm³/mol. The van der Waals surface area contributed by atoms with Gasteiger partial charge in [0.25, 0.3) is 0 Å². The summed E-state index contributed by atoms with van der Waals surface area (Å²) in [4.78, 5) is 10.5. The predicted octanol–water partition coefficient (Wildman–Crippen LogP) is 3.40. The van der Waals surface area contributed by atoms with Gasteiger partial charge >= 0.3 is 5.69 Å². The van der Waals surface area contributed by atoms with Gasteiger partial charge in [-0.05, 0) is 18.6 Å². The Hall–Kier alpha value is -1.30. The Morgan fingerprint density at radius 2 is 2.22 bits per heavy atom. The van der Waals surface area contributed by atoms with E-state index in [4.69, 9.17) is 9.47 Å². The summed E-state index contributed by atoms with van der Waals surface area (Å²) in [5, 5.41) is 11.7. The van der Waals surface area contributed by atoms with Crippen molar-refractivity contribution in [1.82, 2.24) is 0 Å². The zero-order valence-corrected chi connectivity index (χ0v) is 12.0.